The Balaban J connectivity index is 1.86. The molecule has 0 amide bonds. The van der Waals surface area contributed by atoms with Crippen LogP contribution in [0.15, 0.2) is 36.4 Å². The van der Waals surface area contributed by atoms with Gasteiger partial charge in [-0.1, -0.05) is 89.8 Å². The van der Waals surface area contributed by atoms with Gasteiger partial charge in [-0.05, 0) is 48.6 Å². The molecule has 30 heavy (non-hydrogen) atoms. The summed E-state index contributed by atoms with van der Waals surface area (Å²) in [4.78, 5) is 0. The van der Waals surface area contributed by atoms with E-state index >= 15 is 0 Å². The lowest BCUT2D eigenvalue weighted by Crippen LogP contribution is -1.99. The minimum absolute atomic E-state index is 0.247. The van der Waals surface area contributed by atoms with Crippen LogP contribution in [0.5, 0.6) is 5.75 Å². The molecular formula is C27H38F2O. The fourth-order valence-corrected chi connectivity index (χ4v) is 3.73. The maximum Gasteiger partial charge on any atom is 0.165 e. The van der Waals surface area contributed by atoms with Crippen molar-refractivity contribution in [2.75, 3.05) is 6.61 Å². The van der Waals surface area contributed by atoms with Gasteiger partial charge in [0.1, 0.15) is 5.82 Å². The Morgan fingerprint density at radius 3 is 2.00 bits per heavy atom. The van der Waals surface area contributed by atoms with Crippen LogP contribution < -0.4 is 4.74 Å². The topological polar surface area (TPSA) is 9.23 Å². The molecule has 0 spiro atoms. The number of unbranched alkanes of at least 4 members (excludes halogenated alkanes) is 9. The Morgan fingerprint density at radius 1 is 0.667 bits per heavy atom. The smallest absolute Gasteiger partial charge is 0.165 e. The Kier molecular flexibility index (Phi) is 11.5. The molecule has 0 saturated carbocycles. The highest BCUT2D eigenvalue weighted by atomic mass is 19.1. The van der Waals surface area contributed by atoms with Gasteiger partial charge in [0.05, 0.1) is 6.61 Å². The first-order chi connectivity index (χ1) is 14.7. The van der Waals surface area contributed by atoms with Crippen molar-refractivity contribution in [1.29, 1.82) is 0 Å². The Morgan fingerprint density at radius 2 is 1.33 bits per heavy atom. The summed E-state index contributed by atoms with van der Waals surface area (Å²) in [5.74, 6) is -0.476. The molecule has 0 aliphatic rings. The lowest BCUT2D eigenvalue weighted by atomic mass is 10.00. The third kappa shape index (κ3) is 8.45. The van der Waals surface area contributed by atoms with E-state index in [1.54, 1.807) is 24.3 Å². The first-order valence-corrected chi connectivity index (χ1v) is 11.9. The molecule has 0 N–H and O–H groups in total. The van der Waals surface area contributed by atoms with Crippen LogP contribution in [0.2, 0.25) is 0 Å². The van der Waals surface area contributed by atoms with E-state index in [1.807, 2.05) is 6.07 Å². The SMILES string of the molecule is CCCCCCCCOc1ccc(-c2ccc(CCCCCCC)cc2F)cc1F. The summed E-state index contributed by atoms with van der Waals surface area (Å²) in [6, 6.07) is 10.0. The van der Waals surface area contributed by atoms with Crippen LogP contribution in [0.4, 0.5) is 8.78 Å². The fourth-order valence-electron chi connectivity index (χ4n) is 3.73. The summed E-state index contributed by atoms with van der Waals surface area (Å²) in [5.41, 5.74) is 1.99. The number of hydrogen-bond donors (Lipinski definition) is 0. The van der Waals surface area contributed by atoms with Crippen molar-refractivity contribution in [2.45, 2.75) is 90.9 Å². The average molecular weight is 417 g/mol. The highest BCUT2D eigenvalue weighted by Gasteiger charge is 2.10. The van der Waals surface area contributed by atoms with Crippen LogP contribution in [0.3, 0.4) is 0 Å². The number of benzene rings is 2. The summed E-state index contributed by atoms with van der Waals surface area (Å²) in [6.07, 6.45) is 13.9. The second-order valence-electron chi connectivity index (χ2n) is 8.24. The second-order valence-corrected chi connectivity index (χ2v) is 8.24. The first kappa shape index (κ1) is 24.4. The number of aryl methyl sites for hydroxylation is 1. The Hall–Kier alpha value is -1.90. The van der Waals surface area contributed by atoms with Gasteiger partial charge in [0, 0.05) is 5.56 Å². The van der Waals surface area contributed by atoms with Crippen molar-refractivity contribution >= 4 is 0 Å². The molecular weight excluding hydrogens is 378 g/mol. The molecule has 0 atom stereocenters. The normalized spacial score (nSPS) is 11.1. The Bertz CT molecular complexity index is 742. The molecule has 2 rings (SSSR count). The van der Waals surface area contributed by atoms with Crippen LogP contribution in [0.1, 0.15) is 90.0 Å². The van der Waals surface area contributed by atoms with Gasteiger partial charge in [-0.15, -0.1) is 0 Å². The second kappa shape index (κ2) is 14.2. The largest absolute Gasteiger partial charge is 0.491 e. The number of ether oxygens (including phenoxy) is 1. The molecule has 0 aliphatic carbocycles. The lowest BCUT2D eigenvalue weighted by Gasteiger charge is -2.10. The van der Waals surface area contributed by atoms with Crippen LogP contribution >= 0.6 is 0 Å². The fraction of sp³-hybridized carbons (Fsp3) is 0.556. The molecule has 0 heterocycles. The predicted octanol–water partition coefficient (Wildman–Crippen LogP) is 8.88. The predicted molar refractivity (Wildman–Crippen MR) is 123 cm³/mol. The molecule has 0 aromatic heterocycles. The molecule has 1 nitrogen and oxygen atoms in total. The third-order valence-electron chi connectivity index (χ3n) is 5.60. The van der Waals surface area contributed by atoms with E-state index in [4.69, 9.17) is 4.74 Å². The van der Waals surface area contributed by atoms with Gasteiger partial charge < -0.3 is 4.74 Å². The van der Waals surface area contributed by atoms with Gasteiger partial charge in [0.15, 0.2) is 11.6 Å². The molecule has 0 radical (unpaired) electrons. The van der Waals surface area contributed by atoms with Gasteiger partial charge >= 0.3 is 0 Å². The summed E-state index contributed by atoms with van der Waals surface area (Å²) in [7, 11) is 0. The van der Waals surface area contributed by atoms with Crippen molar-refractivity contribution in [3.05, 3.63) is 53.6 Å². The molecule has 0 aliphatic heterocycles. The highest BCUT2D eigenvalue weighted by Crippen LogP contribution is 2.28. The lowest BCUT2D eigenvalue weighted by molar-refractivity contribution is 0.290. The van der Waals surface area contributed by atoms with Gasteiger partial charge in [0.25, 0.3) is 0 Å². The van der Waals surface area contributed by atoms with Crippen LogP contribution in [-0.4, -0.2) is 6.61 Å². The molecule has 0 bridgehead atoms. The monoisotopic (exact) mass is 416 g/mol. The van der Waals surface area contributed by atoms with Crippen molar-refractivity contribution in [2.24, 2.45) is 0 Å². The van der Waals surface area contributed by atoms with Crippen LogP contribution in [0, 0.1) is 11.6 Å². The van der Waals surface area contributed by atoms with Crippen LogP contribution in [-0.2, 0) is 6.42 Å². The summed E-state index contributed by atoms with van der Waals surface area (Å²) in [5, 5.41) is 0. The molecule has 0 unspecified atom stereocenters. The summed E-state index contributed by atoms with van der Waals surface area (Å²) in [6.45, 7) is 4.92. The zero-order valence-corrected chi connectivity index (χ0v) is 18.8. The van der Waals surface area contributed by atoms with E-state index in [0.29, 0.717) is 17.7 Å². The first-order valence-electron chi connectivity index (χ1n) is 11.9. The van der Waals surface area contributed by atoms with Crippen molar-refractivity contribution < 1.29 is 13.5 Å². The van der Waals surface area contributed by atoms with Gasteiger partial charge in [-0.25, -0.2) is 8.78 Å². The van der Waals surface area contributed by atoms with E-state index in [0.717, 1.165) is 31.2 Å². The zero-order valence-electron chi connectivity index (χ0n) is 18.8. The third-order valence-corrected chi connectivity index (χ3v) is 5.60. The van der Waals surface area contributed by atoms with Gasteiger partial charge in [-0.3, -0.25) is 0 Å². The molecule has 166 valence electrons. The quantitative estimate of drug-likeness (QED) is 0.263. The van der Waals surface area contributed by atoms with Gasteiger partial charge in [-0.2, -0.15) is 0 Å². The molecule has 2 aromatic carbocycles. The van der Waals surface area contributed by atoms with Crippen LogP contribution in [0.25, 0.3) is 11.1 Å². The van der Waals surface area contributed by atoms with Gasteiger partial charge in [0.2, 0.25) is 0 Å². The highest BCUT2D eigenvalue weighted by molar-refractivity contribution is 5.65. The molecule has 0 saturated heterocycles. The van der Waals surface area contributed by atoms with Crippen molar-refractivity contribution in [3.63, 3.8) is 0 Å². The molecule has 3 heteroatoms. The maximum atomic E-state index is 14.6. The molecule has 2 aromatic rings. The average Bonchev–Trinajstić information content (AvgIpc) is 2.74. The van der Waals surface area contributed by atoms with E-state index < -0.39 is 5.82 Å². The minimum Gasteiger partial charge on any atom is -0.491 e. The maximum absolute atomic E-state index is 14.6. The number of rotatable bonds is 15. The van der Waals surface area contributed by atoms with E-state index in [2.05, 4.69) is 13.8 Å². The van der Waals surface area contributed by atoms with Crippen molar-refractivity contribution in [1.82, 2.24) is 0 Å². The summed E-state index contributed by atoms with van der Waals surface area (Å²) >= 11 is 0. The molecule has 0 fully saturated rings. The summed E-state index contributed by atoms with van der Waals surface area (Å²) < 4.78 is 34.7. The zero-order chi connectivity index (χ0) is 21.6. The standard InChI is InChI=1S/C27H38F2O/c1-3-5-7-9-11-13-19-30-27-18-16-23(21-26(27)29)24-17-15-22(20-25(24)28)14-12-10-8-6-4-2/h15-18,20-21H,3-14,19H2,1-2H3. The Labute approximate surface area is 181 Å². The van der Waals surface area contributed by atoms with E-state index in [1.165, 1.54) is 57.4 Å². The van der Waals surface area contributed by atoms with Crippen molar-refractivity contribution in [3.8, 4) is 16.9 Å². The number of hydrogen-bond acceptors (Lipinski definition) is 1. The van der Waals surface area contributed by atoms with E-state index in [9.17, 15) is 8.78 Å². The number of halogens is 2. The van der Waals surface area contributed by atoms with E-state index in [-0.39, 0.29) is 11.6 Å². The minimum atomic E-state index is -0.433.